The van der Waals surface area contributed by atoms with E-state index >= 15 is 0 Å². The van der Waals surface area contributed by atoms with Gasteiger partial charge in [-0.15, -0.1) is 0 Å². The molecule has 0 unspecified atom stereocenters. The predicted molar refractivity (Wildman–Crippen MR) is 68.9 cm³/mol. The molecule has 0 atom stereocenters. The fourth-order valence-electron chi connectivity index (χ4n) is 1.94. The Balaban J connectivity index is 1.84. The first-order chi connectivity index (χ1) is 8.24. The van der Waals surface area contributed by atoms with Crippen LogP contribution in [0.2, 0.25) is 0 Å². The van der Waals surface area contributed by atoms with E-state index in [0.29, 0.717) is 0 Å². The van der Waals surface area contributed by atoms with Crippen molar-refractivity contribution in [3.8, 4) is 0 Å². The Morgan fingerprint density at radius 3 is 2.53 bits per heavy atom. The molecular weight excluding hydrogens is 212 g/mol. The van der Waals surface area contributed by atoms with Crippen LogP contribution >= 0.6 is 0 Å². The molecule has 1 heterocycles. The van der Waals surface area contributed by atoms with Crippen LogP contribution in [0.15, 0.2) is 35.9 Å². The van der Waals surface area contributed by atoms with Crippen LogP contribution in [0.3, 0.4) is 0 Å². The van der Waals surface area contributed by atoms with Gasteiger partial charge in [0, 0.05) is 6.42 Å². The normalized spacial score (nSPS) is 17.6. The molecular formula is C15H20O2. The topological polar surface area (TPSA) is 18.5 Å². The Morgan fingerprint density at radius 2 is 1.88 bits per heavy atom. The zero-order valence-corrected chi connectivity index (χ0v) is 10.6. The first-order valence-corrected chi connectivity index (χ1v) is 6.18. The van der Waals surface area contributed by atoms with Crippen molar-refractivity contribution in [2.75, 3.05) is 13.2 Å². The van der Waals surface area contributed by atoms with E-state index in [1.807, 2.05) is 0 Å². The number of rotatable bonds is 4. The summed E-state index contributed by atoms with van der Waals surface area (Å²) in [7, 11) is 0. The highest BCUT2D eigenvalue weighted by molar-refractivity contribution is 5.25. The van der Waals surface area contributed by atoms with Gasteiger partial charge in [0.15, 0.2) is 6.29 Å². The van der Waals surface area contributed by atoms with Crippen LogP contribution < -0.4 is 0 Å². The van der Waals surface area contributed by atoms with Crippen LogP contribution in [0.5, 0.6) is 0 Å². The molecule has 0 bridgehead atoms. The van der Waals surface area contributed by atoms with Crippen LogP contribution in [0, 0.1) is 6.92 Å². The molecule has 0 spiro atoms. The number of aryl methyl sites for hydroxylation is 1. The third-order valence-corrected chi connectivity index (χ3v) is 2.95. The maximum atomic E-state index is 5.40. The van der Waals surface area contributed by atoms with Gasteiger partial charge in [-0.2, -0.15) is 0 Å². The van der Waals surface area contributed by atoms with E-state index < -0.39 is 0 Å². The Bertz CT molecular complexity index is 372. The molecule has 0 aromatic heterocycles. The molecule has 1 aromatic rings. The quantitative estimate of drug-likeness (QED) is 0.742. The van der Waals surface area contributed by atoms with E-state index in [2.05, 4.69) is 44.2 Å². The van der Waals surface area contributed by atoms with Crippen molar-refractivity contribution in [1.82, 2.24) is 0 Å². The lowest BCUT2D eigenvalue weighted by Gasteiger charge is -2.07. The van der Waals surface area contributed by atoms with Crippen molar-refractivity contribution < 1.29 is 9.47 Å². The summed E-state index contributed by atoms with van der Waals surface area (Å²) >= 11 is 0. The van der Waals surface area contributed by atoms with Crippen molar-refractivity contribution in [1.29, 1.82) is 0 Å². The first kappa shape index (κ1) is 12.3. The number of allylic oxidation sites excluding steroid dienone is 1. The van der Waals surface area contributed by atoms with Crippen LogP contribution in [0.25, 0.3) is 0 Å². The average molecular weight is 232 g/mol. The second kappa shape index (κ2) is 5.99. The maximum Gasteiger partial charge on any atom is 0.161 e. The van der Waals surface area contributed by atoms with Gasteiger partial charge in [-0.05, 0) is 25.8 Å². The number of benzene rings is 1. The van der Waals surface area contributed by atoms with Gasteiger partial charge in [0.05, 0.1) is 13.2 Å². The highest BCUT2D eigenvalue weighted by Crippen LogP contribution is 2.13. The standard InChI is InChI=1S/C15H20O2/c1-12-3-6-14(7-4-12)11-13(2)5-8-15-16-9-10-17-15/h3-7,15H,8-11H2,1-2H3/b13-5-. The van der Waals surface area contributed by atoms with Crippen molar-refractivity contribution >= 4 is 0 Å². The van der Waals surface area contributed by atoms with Gasteiger partial charge >= 0.3 is 0 Å². The third kappa shape index (κ3) is 3.99. The number of hydrogen-bond donors (Lipinski definition) is 0. The highest BCUT2D eigenvalue weighted by Gasteiger charge is 2.13. The highest BCUT2D eigenvalue weighted by atomic mass is 16.7. The SMILES string of the molecule is C/C(=C/CC1OCCO1)Cc1ccc(C)cc1. The molecule has 2 rings (SSSR count). The minimum Gasteiger partial charge on any atom is -0.350 e. The fraction of sp³-hybridized carbons (Fsp3) is 0.467. The van der Waals surface area contributed by atoms with E-state index in [9.17, 15) is 0 Å². The molecule has 1 aliphatic rings. The van der Waals surface area contributed by atoms with Crippen molar-refractivity contribution in [3.05, 3.63) is 47.0 Å². The predicted octanol–water partition coefficient (Wildman–Crippen LogP) is 3.25. The molecule has 0 radical (unpaired) electrons. The van der Waals surface area contributed by atoms with Gasteiger partial charge in [0.2, 0.25) is 0 Å². The molecule has 1 aliphatic heterocycles. The van der Waals surface area contributed by atoms with Gasteiger partial charge in [-0.3, -0.25) is 0 Å². The molecule has 92 valence electrons. The van der Waals surface area contributed by atoms with E-state index in [1.165, 1.54) is 16.7 Å². The van der Waals surface area contributed by atoms with Crippen LogP contribution in [0.4, 0.5) is 0 Å². The zero-order valence-electron chi connectivity index (χ0n) is 10.6. The minimum atomic E-state index is -0.0250. The van der Waals surface area contributed by atoms with Crippen LogP contribution in [0.1, 0.15) is 24.5 Å². The van der Waals surface area contributed by atoms with Gasteiger partial charge < -0.3 is 9.47 Å². The lowest BCUT2D eigenvalue weighted by atomic mass is 10.0. The summed E-state index contributed by atoms with van der Waals surface area (Å²) in [5, 5.41) is 0. The smallest absolute Gasteiger partial charge is 0.161 e. The van der Waals surface area contributed by atoms with Crippen LogP contribution in [-0.2, 0) is 15.9 Å². The first-order valence-electron chi connectivity index (χ1n) is 6.18. The van der Waals surface area contributed by atoms with Crippen molar-refractivity contribution in [2.24, 2.45) is 0 Å². The number of hydrogen-bond acceptors (Lipinski definition) is 2. The average Bonchev–Trinajstić information content (AvgIpc) is 2.83. The molecule has 0 N–H and O–H groups in total. The van der Waals surface area contributed by atoms with Gasteiger partial charge in [-0.1, -0.05) is 41.5 Å². The minimum absolute atomic E-state index is 0.0250. The molecule has 0 amide bonds. The summed E-state index contributed by atoms with van der Waals surface area (Å²) in [6, 6.07) is 8.70. The van der Waals surface area contributed by atoms with Crippen molar-refractivity contribution in [3.63, 3.8) is 0 Å². The second-order valence-electron chi connectivity index (χ2n) is 4.62. The van der Waals surface area contributed by atoms with Gasteiger partial charge in [0.25, 0.3) is 0 Å². The second-order valence-corrected chi connectivity index (χ2v) is 4.62. The molecule has 1 aromatic carbocycles. The fourth-order valence-corrected chi connectivity index (χ4v) is 1.94. The Kier molecular flexibility index (Phi) is 4.35. The summed E-state index contributed by atoms with van der Waals surface area (Å²) in [4.78, 5) is 0. The van der Waals surface area contributed by atoms with Gasteiger partial charge in [-0.25, -0.2) is 0 Å². The summed E-state index contributed by atoms with van der Waals surface area (Å²) < 4.78 is 10.8. The van der Waals surface area contributed by atoms with E-state index in [0.717, 1.165) is 26.1 Å². The molecule has 0 aliphatic carbocycles. The molecule has 17 heavy (non-hydrogen) atoms. The lowest BCUT2D eigenvalue weighted by molar-refractivity contribution is -0.0381. The maximum absolute atomic E-state index is 5.40. The van der Waals surface area contributed by atoms with Crippen molar-refractivity contribution in [2.45, 2.75) is 33.0 Å². The third-order valence-electron chi connectivity index (χ3n) is 2.95. The molecule has 1 fully saturated rings. The summed E-state index contributed by atoms with van der Waals surface area (Å²) in [6.45, 7) is 5.74. The molecule has 2 nitrogen and oxygen atoms in total. The van der Waals surface area contributed by atoms with Crippen LogP contribution in [-0.4, -0.2) is 19.5 Å². The largest absolute Gasteiger partial charge is 0.350 e. The van der Waals surface area contributed by atoms with E-state index in [1.54, 1.807) is 0 Å². The number of ether oxygens (including phenoxy) is 2. The monoisotopic (exact) mass is 232 g/mol. The lowest BCUT2D eigenvalue weighted by Crippen LogP contribution is -2.05. The van der Waals surface area contributed by atoms with E-state index in [4.69, 9.17) is 9.47 Å². The van der Waals surface area contributed by atoms with Gasteiger partial charge in [0.1, 0.15) is 0 Å². The Hall–Kier alpha value is -1.12. The summed E-state index contributed by atoms with van der Waals surface area (Å²) in [5.41, 5.74) is 4.04. The Morgan fingerprint density at radius 1 is 1.24 bits per heavy atom. The zero-order chi connectivity index (χ0) is 12.1. The summed E-state index contributed by atoms with van der Waals surface area (Å²) in [6.07, 6.45) is 4.06. The molecule has 2 heteroatoms. The summed E-state index contributed by atoms with van der Waals surface area (Å²) in [5.74, 6) is 0. The Labute approximate surface area is 103 Å². The van der Waals surface area contributed by atoms with E-state index in [-0.39, 0.29) is 6.29 Å². The molecule has 1 saturated heterocycles. The molecule has 0 saturated carbocycles.